The van der Waals surface area contributed by atoms with Crippen LogP contribution in [0.5, 0.6) is 0 Å². The molecule has 2 N–H and O–H groups in total. The van der Waals surface area contributed by atoms with E-state index in [0.29, 0.717) is 23.7 Å². The van der Waals surface area contributed by atoms with E-state index in [-0.39, 0.29) is 23.0 Å². The highest BCUT2D eigenvalue weighted by atomic mass is 16.3. The van der Waals surface area contributed by atoms with E-state index in [0.717, 1.165) is 51.4 Å². The van der Waals surface area contributed by atoms with Crippen LogP contribution in [0.3, 0.4) is 0 Å². The number of nitrogens with zero attached hydrogens (tertiary/aromatic N) is 1. The molecule has 6 unspecified atom stereocenters. The Labute approximate surface area is 157 Å². The number of nitriles is 1. The monoisotopic (exact) mass is 356 g/mol. The summed E-state index contributed by atoms with van der Waals surface area (Å²) in [5.74, 6) is 2.21. The van der Waals surface area contributed by atoms with Crippen LogP contribution in [0.15, 0.2) is 11.6 Å². The molecule has 0 bridgehead atoms. The third-order valence-electron chi connectivity index (χ3n) is 8.59. The predicted molar refractivity (Wildman–Crippen MR) is 99.9 cm³/mol. The summed E-state index contributed by atoms with van der Waals surface area (Å²) in [7, 11) is 0. The Bertz CT molecular complexity index is 666. The maximum absolute atomic E-state index is 12.2. The van der Waals surface area contributed by atoms with Gasteiger partial charge in [0.15, 0.2) is 0 Å². The molecule has 0 radical (unpaired) electrons. The van der Waals surface area contributed by atoms with Crippen LogP contribution in [0, 0.1) is 40.4 Å². The van der Waals surface area contributed by atoms with E-state index in [1.165, 1.54) is 12.0 Å². The largest absolute Gasteiger partial charge is 0.393 e. The third-order valence-corrected chi connectivity index (χ3v) is 8.59. The topological polar surface area (TPSA) is 73.1 Å². The lowest BCUT2D eigenvalue weighted by molar-refractivity contribution is -0.134. The molecule has 1 amide bonds. The van der Waals surface area contributed by atoms with Crippen molar-refractivity contribution in [2.75, 3.05) is 0 Å². The quantitative estimate of drug-likeness (QED) is 0.704. The predicted octanol–water partition coefficient (Wildman–Crippen LogP) is 3.71. The summed E-state index contributed by atoms with van der Waals surface area (Å²) in [5, 5.41) is 22.9. The zero-order valence-corrected chi connectivity index (χ0v) is 16.1. The van der Waals surface area contributed by atoms with E-state index < -0.39 is 0 Å². The second-order valence-electron chi connectivity index (χ2n) is 9.60. The number of aliphatic hydroxyl groups is 1. The summed E-state index contributed by atoms with van der Waals surface area (Å²) in [6.45, 7) is 4.03. The van der Waals surface area contributed by atoms with Crippen molar-refractivity contribution >= 4 is 5.91 Å². The molecule has 4 fully saturated rings. The Hall–Kier alpha value is -1.34. The number of hydrogen-bond donors (Lipinski definition) is 2. The Morgan fingerprint density at radius 2 is 1.96 bits per heavy atom. The molecule has 0 spiro atoms. The molecule has 4 aliphatic carbocycles. The molecule has 0 aromatic rings. The fourth-order valence-electron chi connectivity index (χ4n) is 7.60. The summed E-state index contributed by atoms with van der Waals surface area (Å²) < 4.78 is 0. The molecule has 7 atom stereocenters. The zero-order chi connectivity index (χ0) is 18.5. The van der Waals surface area contributed by atoms with Gasteiger partial charge in [0, 0.05) is 18.5 Å². The molecular weight excluding hydrogens is 324 g/mol. The first kappa shape index (κ1) is 18.0. The lowest BCUT2D eigenvalue weighted by atomic mass is 9.46. The van der Waals surface area contributed by atoms with E-state index in [4.69, 9.17) is 0 Å². The van der Waals surface area contributed by atoms with Gasteiger partial charge in [0.2, 0.25) is 5.91 Å². The van der Waals surface area contributed by atoms with Gasteiger partial charge in [-0.15, -0.1) is 0 Å². The molecule has 4 rings (SSSR count). The number of allylic oxidation sites excluding steroid dienone is 2. The van der Waals surface area contributed by atoms with Crippen LogP contribution in [0.2, 0.25) is 0 Å². The molecule has 4 heteroatoms. The van der Waals surface area contributed by atoms with E-state index in [1.54, 1.807) is 13.0 Å². The van der Waals surface area contributed by atoms with Crippen LogP contribution >= 0.6 is 0 Å². The standard InChI is InChI=1S/C22H32N2O2/c1-14(25)24-22-11-10-21(2)16(9-12-23)4-7-19(21)20(22)6-3-15-13-17(26)5-8-18(15)22/h9,15,17-20,26H,3-8,10-11,13H2,1-2H3,(H,24,25)/b16-9-/t15?,17?,18?,19?,20?,21-,22?/m1/s1. The molecule has 26 heavy (non-hydrogen) atoms. The highest BCUT2D eigenvalue weighted by Crippen LogP contribution is 2.65. The zero-order valence-electron chi connectivity index (χ0n) is 16.1. The number of fused-ring (bicyclic) bond motifs is 5. The molecule has 142 valence electrons. The smallest absolute Gasteiger partial charge is 0.217 e. The fraction of sp³-hybridized carbons (Fsp3) is 0.818. The first-order chi connectivity index (χ1) is 12.4. The van der Waals surface area contributed by atoms with Crippen LogP contribution in [-0.4, -0.2) is 22.7 Å². The first-order valence-electron chi connectivity index (χ1n) is 10.5. The Morgan fingerprint density at radius 3 is 2.69 bits per heavy atom. The maximum atomic E-state index is 12.2. The normalized spacial score (nSPS) is 48.8. The minimum absolute atomic E-state index is 0.0937. The van der Waals surface area contributed by atoms with Crippen molar-refractivity contribution in [3.8, 4) is 6.07 Å². The van der Waals surface area contributed by atoms with Crippen molar-refractivity contribution in [1.29, 1.82) is 5.26 Å². The van der Waals surface area contributed by atoms with Crippen LogP contribution in [-0.2, 0) is 4.79 Å². The summed E-state index contributed by atoms with van der Waals surface area (Å²) in [6.07, 6.45) is 11.0. The lowest BCUT2D eigenvalue weighted by Gasteiger charge is -2.62. The molecule has 0 aliphatic heterocycles. The van der Waals surface area contributed by atoms with Crippen molar-refractivity contribution in [2.24, 2.45) is 29.1 Å². The van der Waals surface area contributed by atoms with E-state index >= 15 is 0 Å². The maximum Gasteiger partial charge on any atom is 0.217 e. The van der Waals surface area contributed by atoms with Crippen LogP contribution in [0.25, 0.3) is 0 Å². The van der Waals surface area contributed by atoms with Gasteiger partial charge in [-0.1, -0.05) is 12.5 Å². The Kier molecular flexibility index (Phi) is 4.42. The number of nitrogens with one attached hydrogen (secondary N) is 1. The second kappa shape index (κ2) is 6.37. The minimum atomic E-state index is -0.160. The molecular formula is C22H32N2O2. The van der Waals surface area contributed by atoms with Crippen molar-refractivity contribution in [1.82, 2.24) is 5.32 Å². The van der Waals surface area contributed by atoms with Gasteiger partial charge in [-0.3, -0.25) is 4.79 Å². The minimum Gasteiger partial charge on any atom is -0.393 e. The van der Waals surface area contributed by atoms with Gasteiger partial charge in [0.1, 0.15) is 0 Å². The van der Waals surface area contributed by atoms with Gasteiger partial charge < -0.3 is 10.4 Å². The number of carbonyl (C=O) groups excluding carboxylic acids is 1. The molecule has 0 heterocycles. The summed E-state index contributed by atoms with van der Waals surface area (Å²) in [4.78, 5) is 12.2. The molecule has 0 saturated heterocycles. The van der Waals surface area contributed by atoms with Crippen molar-refractivity contribution in [3.63, 3.8) is 0 Å². The third kappa shape index (κ3) is 2.54. The second-order valence-corrected chi connectivity index (χ2v) is 9.60. The number of aliphatic hydroxyl groups excluding tert-OH is 1. The molecule has 0 aromatic heterocycles. The van der Waals surface area contributed by atoms with Gasteiger partial charge in [-0.2, -0.15) is 5.26 Å². The van der Waals surface area contributed by atoms with Gasteiger partial charge in [-0.25, -0.2) is 0 Å². The van der Waals surface area contributed by atoms with Crippen molar-refractivity contribution in [3.05, 3.63) is 11.6 Å². The molecule has 0 aromatic carbocycles. The molecule has 4 nitrogen and oxygen atoms in total. The Balaban J connectivity index is 1.72. The van der Waals surface area contributed by atoms with Crippen LogP contribution in [0.1, 0.15) is 71.6 Å². The molecule has 4 aliphatic rings. The van der Waals surface area contributed by atoms with Crippen LogP contribution < -0.4 is 5.32 Å². The van der Waals surface area contributed by atoms with Gasteiger partial charge in [-0.05, 0) is 86.9 Å². The average Bonchev–Trinajstić information content (AvgIpc) is 2.91. The van der Waals surface area contributed by atoms with Gasteiger partial charge in [0.25, 0.3) is 0 Å². The van der Waals surface area contributed by atoms with E-state index in [1.807, 2.05) is 0 Å². The lowest BCUT2D eigenvalue weighted by Crippen LogP contribution is -2.67. The SMILES string of the molecule is CC(=O)NC12CC[C@]3(C)/C(=C\C#N)CCC3C1CCC1CC(O)CCC12. The highest BCUT2D eigenvalue weighted by Gasteiger charge is 2.62. The average molecular weight is 357 g/mol. The first-order valence-corrected chi connectivity index (χ1v) is 10.5. The summed E-state index contributed by atoms with van der Waals surface area (Å²) in [5.41, 5.74) is 1.37. The van der Waals surface area contributed by atoms with Gasteiger partial charge >= 0.3 is 0 Å². The van der Waals surface area contributed by atoms with Gasteiger partial charge in [0.05, 0.1) is 12.2 Å². The number of rotatable bonds is 1. The van der Waals surface area contributed by atoms with Crippen molar-refractivity contribution in [2.45, 2.75) is 83.3 Å². The van der Waals surface area contributed by atoms with E-state index in [2.05, 4.69) is 18.3 Å². The highest BCUT2D eigenvalue weighted by molar-refractivity contribution is 5.74. The summed E-state index contributed by atoms with van der Waals surface area (Å²) >= 11 is 0. The van der Waals surface area contributed by atoms with Crippen molar-refractivity contribution < 1.29 is 9.90 Å². The number of carbonyl (C=O) groups is 1. The Morgan fingerprint density at radius 1 is 1.19 bits per heavy atom. The molecule has 4 saturated carbocycles. The summed E-state index contributed by atoms with van der Waals surface area (Å²) in [6, 6.07) is 2.27. The fourth-order valence-corrected chi connectivity index (χ4v) is 7.60. The van der Waals surface area contributed by atoms with Crippen LogP contribution in [0.4, 0.5) is 0 Å². The van der Waals surface area contributed by atoms with E-state index in [9.17, 15) is 15.2 Å². The number of hydrogen-bond acceptors (Lipinski definition) is 3. The number of amides is 1.